The standard InChI is InChI=1S/C21H14Cl2FN3O2S/c1-11(19(28)26-17-8-13(22)4-7-16(17)23)27-10-25-20-18(21(27)29)15(9-30-20)12-2-5-14(24)6-3-12/h2-11H,1H3,(H,26,28). The second kappa shape index (κ2) is 8.18. The van der Waals surface area contributed by atoms with Gasteiger partial charge in [-0.25, -0.2) is 9.37 Å². The third kappa shape index (κ3) is 3.84. The predicted molar refractivity (Wildman–Crippen MR) is 119 cm³/mol. The minimum absolute atomic E-state index is 0.331. The molecule has 0 aliphatic carbocycles. The van der Waals surface area contributed by atoms with Gasteiger partial charge in [-0.15, -0.1) is 11.3 Å². The number of anilines is 1. The topological polar surface area (TPSA) is 64.0 Å². The highest BCUT2D eigenvalue weighted by atomic mass is 35.5. The van der Waals surface area contributed by atoms with E-state index in [9.17, 15) is 14.0 Å². The summed E-state index contributed by atoms with van der Waals surface area (Å²) in [6.07, 6.45) is 1.35. The van der Waals surface area contributed by atoms with E-state index in [1.165, 1.54) is 40.4 Å². The van der Waals surface area contributed by atoms with Gasteiger partial charge >= 0.3 is 0 Å². The van der Waals surface area contributed by atoms with Crippen molar-refractivity contribution in [2.24, 2.45) is 0 Å². The van der Waals surface area contributed by atoms with Gasteiger partial charge in [0.15, 0.2) is 0 Å². The average Bonchev–Trinajstić information content (AvgIpc) is 3.16. The summed E-state index contributed by atoms with van der Waals surface area (Å²) in [6.45, 7) is 1.59. The number of hydrogen-bond donors (Lipinski definition) is 1. The van der Waals surface area contributed by atoms with Crippen molar-refractivity contribution in [3.63, 3.8) is 0 Å². The van der Waals surface area contributed by atoms with Crippen LogP contribution in [0.5, 0.6) is 0 Å². The molecule has 5 nitrogen and oxygen atoms in total. The number of carbonyl (C=O) groups excluding carboxylic acids is 1. The Balaban J connectivity index is 1.72. The number of carbonyl (C=O) groups is 1. The second-order valence-electron chi connectivity index (χ2n) is 6.58. The molecular weight excluding hydrogens is 448 g/mol. The van der Waals surface area contributed by atoms with E-state index < -0.39 is 11.9 Å². The molecule has 2 aromatic carbocycles. The van der Waals surface area contributed by atoms with E-state index >= 15 is 0 Å². The number of fused-ring (bicyclic) bond motifs is 1. The van der Waals surface area contributed by atoms with Gasteiger partial charge in [-0.3, -0.25) is 14.2 Å². The van der Waals surface area contributed by atoms with Gasteiger partial charge in [0.2, 0.25) is 5.91 Å². The first-order chi connectivity index (χ1) is 14.3. The molecule has 0 bridgehead atoms. The number of rotatable bonds is 4. The van der Waals surface area contributed by atoms with E-state index in [1.54, 1.807) is 36.6 Å². The number of nitrogens with one attached hydrogen (secondary N) is 1. The number of aromatic nitrogens is 2. The molecule has 4 aromatic rings. The molecule has 2 heterocycles. The molecule has 30 heavy (non-hydrogen) atoms. The van der Waals surface area contributed by atoms with Gasteiger partial charge in [0.25, 0.3) is 5.56 Å². The Labute approximate surface area is 184 Å². The SMILES string of the molecule is CC(C(=O)Nc1cc(Cl)ccc1Cl)n1cnc2scc(-c3ccc(F)cc3)c2c1=O. The van der Waals surface area contributed by atoms with Gasteiger partial charge in [0.1, 0.15) is 16.7 Å². The lowest BCUT2D eigenvalue weighted by atomic mass is 10.1. The first kappa shape index (κ1) is 20.5. The van der Waals surface area contributed by atoms with Crippen molar-refractivity contribution in [1.29, 1.82) is 0 Å². The maximum Gasteiger partial charge on any atom is 0.263 e. The Kier molecular flexibility index (Phi) is 5.60. The van der Waals surface area contributed by atoms with E-state index in [2.05, 4.69) is 10.3 Å². The first-order valence-electron chi connectivity index (χ1n) is 8.85. The van der Waals surface area contributed by atoms with Crippen LogP contribution in [0.2, 0.25) is 10.0 Å². The summed E-state index contributed by atoms with van der Waals surface area (Å²) in [4.78, 5) is 30.8. The van der Waals surface area contributed by atoms with Gasteiger partial charge in [0.05, 0.1) is 22.4 Å². The van der Waals surface area contributed by atoms with Crippen LogP contribution in [0.1, 0.15) is 13.0 Å². The molecule has 0 saturated carbocycles. The van der Waals surface area contributed by atoms with Crippen LogP contribution in [-0.2, 0) is 4.79 Å². The van der Waals surface area contributed by atoms with Gasteiger partial charge in [0, 0.05) is 16.0 Å². The average molecular weight is 462 g/mol. The summed E-state index contributed by atoms with van der Waals surface area (Å²) in [6, 6.07) is 9.73. The summed E-state index contributed by atoms with van der Waals surface area (Å²) in [5.41, 5.74) is 1.33. The fraction of sp³-hybridized carbons (Fsp3) is 0.0952. The summed E-state index contributed by atoms with van der Waals surface area (Å²) in [5, 5.41) is 5.62. The van der Waals surface area contributed by atoms with Crippen LogP contribution in [0, 0.1) is 5.82 Å². The third-order valence-electron chi connectivity index (χ3n) is 4.66. The lowest BCUT2D eigenvalue weighted by Crippen LogP contribution is -2.31. The minimum Gasteiger partial charge on any atom is -0.323 e. The summed E-state index contributed by atoms with van der Waals surface area (Å²) in [5.74, 6) is -0.806. The zero-order valence-corrected chi connectivity index (χ0v) is 17.9. The Bertz CT molecular complexity index is 1320. The Morgan fingerprint density at radius 2 is 1.93 bits per heavy atom. The van der Waals surface area contributed by atoms with Crippen molar-refractivity contribution >= 4 is 56.3 Å². The molecule has 1 atom stereocenters. The Morgan fingerprint density at radius 3 is 2.67 bits per heavy atom. The zero-order valence-electron chi connectivity index (χ0n) is 15.5. The summed E-state index contributed by atoms with van der Waals surface area (Å²) in [7, 11) is 0. The molecule has 1 N–H and O–H groups in total. The van der Waals surface area contributed by atoms with Crippen molar-refractivity contribution < 1.29 is 9.18 Å². The molecule has 0 aliphatic heterocycles. The zero-order chi connectivity index (χ0) is 21.4. The Morgan fingerprint density at radius 1 is 1.20 bits per heavy atom. The molecule has 0 saturated heterocycles. The van der Waals surface area contributed by atoms with Crippen molar-refractivity contribution in [2.75, 3.05) is 5.32 Å². The van der Waals surface area contributed by atoms with Gasteiger partial charge < -0.3 is 5.32 Å². The number of thiophene rings is 1. The number of hydrogen-bond acceptors (Lipinski definition) is 4. The van der Waals surface area contributed by atoms with Gasteiger partial charge in [-0.05, 0) is 42.8 Å². The predicted octanol–water partition coefficient (Wildman–Crippen LogP) is 5.77. The van der Waals surface area contributed by atoms with E-state index in [4.69, 9.17) is 23.2 Å². The molecule has 0 aliphatic rings. The van der Waals surface area contributed by atoms with Crippen LogP contribution in [0.25, 0.3) is 21.3 Å². The molecular formula is C21H14Cl2FN3O2S. The molecule has 2 aromatic heterocycles. The lowest BCUT2D eigenvalue weighted by Gasteiger charge is -2.16. The fourth-order valence-corrected chi connectivity index (χ4v) is 4.26. The van der Waals surface area contributed by atoms with E-state index in [1.807, 2.05) is 0 Å². The van der Waals surface area contributed by atoms with E-state index in [0.717, 1.165) is 0 Å². The van der Waals surface area contributed by atoms with Gasteiger partial charge in [-0.1, -0.05) is 35.3 Å². The van der Waals surface area contributed by atoms with E-state index in [-0.39, 0.29) is 11.4 Å². The maximum absolute atomic E-state index is 13.3. The van der Waals surface area contributed by atoms with Crippen LogP contribution in [0.3, 0.4) is 0 Å². The highest BCUT2D eigenvalue weighted by molar-refractivity contribution is 7.17. The largest absolute Gasteiger partial charge is 0.323 e. The van der Waals surface area contributed by atoms with Crippen LogP contribution < -0.4 is 10.9 Å². The highest BCUT2D eigenvalue weighted by Gasteiger charge is 2.21. The smallest absolute Gasteiger partial charge is 0.263 e. The third-order valence-corrected chi connectivity index (χ3v) is 6.11. The molecule has 1 amide bonds. The molecule has 0 radical (unpaired) electrons. The monoisotopic (exact) mass is 461 g/mol. The molecule has 0 fully saturated rings. The lowest BCUT2D eigenvalue weighted by molar-refractivity contribution is -0.118. The number of halogens is 3. The van der Waals surface area contributed by atoms with Crippen molar-refractivity contribution in [3.8, 4) is 11.1 Å². The van der Waals surface area contributed by atoms with Crippen LogP contribution in [0.15, 0.2) is 59.0 Å². The molecule has 152 valence electrons. The van der Waals surface area contributed by atoms with Crippen LogP contribution >= 0.6 is 34.5 Å². The van der Waals surface area contributed by atoms with Crippen LogP contribution in [0.4, 0.5) is 10.1 Å². The van der Waals surface area contributed by atoms with E-state index in [0.29, 0.717) is 37.1 Å². The van der Waals surface area contributed by atoms with Crippen molar-refractivity contribution in [1.82, 2.24) is 9.55 Å². The number of amides is 1. The quantitative estimate of drug-likeness (QED) is 0.419. The van der Waals surface area contributed by atoms with Crippen LogP contribution in [-0.4, -0.2) is 15.5 Å². The fourth-order valence-electron chi connectivity index (χ4n) is 3.02. The van der Waals surface area contributed by atoms with Gasteiger partial charge in [-0.2, -0.15) is 0 Å². The second-order valence-corrected chi connectivity index (χ2v) is 8.28. The Hall–Kier alpha value is -2.74. The van der Waals surface area contributed by atoms with Crippen molar-refractivity contribution in [3.05, 3.63) is 80.4 Å². The summed E-state index contributed by atoms with van der Waals surface area (Å²) >= 11 is 13.4. The number of benzene rings is 2. The molecule has 1 unspecified atom stereocenters. The minimum atomic E-state index is -0.856. The molecule has 9 heteroatoms. The highest BCUT2D eigenvalue weighted by Crippen LogP contribution is 2.31. The summed E-state index contributed by atoms with van der Waals surface area (Å²) < 4.78 is 14.5. The maximum atomic E-state index is 13.3. The molecule has 4 rings (SSSR count). The number of nitrogens with zero attached hydrogens (tertiary/aromatic N) is 2. The van der Waals surface area contributed by atoms with Crippen molar-refractivity contribution in [2.45, 2.75) is 13.0 Å². The molecule has 0 spiro atoms. The normalized spacial score (nSPS) is 12.1. The first-order valence-corrected chi connectivity index (χ1v) is 10.5.